The van der Waals surface area contributed by atoms with E-state index in [4.69, 9.17) is 5.11 Å². The number of carboxylic acid groups (broad SMARTS) is 1. The molecule has 5 nitrogen and oxygen atoms in total. The van der Waals surface area contributed by atoms with Gasteiger partial charge in [-0.15, -0.1) is 11.3 Å². The van der Waals surface area contributed by atoms with Crippen molar-refractivity contribution in [2.75, 3.05) is 0 Å². The van der Waals surface area contributed by atoms with Crippen LogP contribution in [0.15, 0.2) is 21.7 Å². The van der Waals surface area contributed by atoms with Gasteiger partial charge in [0.1, 0.15) is 4.21 Å². The number of sulfonamides is 1. The maximum Gasteiger partial charge on any atom is 0.306 e. The summed E-state index contributed by atoms with van der Waals surface area (Å²) in [5, 5.41) is 10.7. The molecule has 1 aliphatic carbocycles. The van der Waals surface area contributed by atoms with Crippen molar-refractivity contribution in [3.8, 4) is 0 Å². The number of thiophene rings is 1. The van der Waals surface area contributed by atoms with E-state index in [2.05, 4.69) is 4.72 Å². The van der Waals surface area contributed by atoms with Gasteiger partial charge in [0.25, 0.3) is 0 Å². The monoisotopic (exact) mass is 289 g/mol. The fourth-order valence-corrected chi connectivity index (χ4v) is 4.51. The number of carboxylic acids is 1. The summed E-state index contributed by atoms with van der Waals surface area (Å²) in [7, 11) is -3.49. The Morgan fingerprint density at radius 3 is 2.83 bits per heavy atom. The van der Waals surface area contributed by atoms with Crippen LogP contribution >= 0.6 is 11.3 Å². The highest BCUT2D eigenvalue weighted by Crippen LogP contribution is 2.26. The van der Waals surface area contributed by atoms with Crippen molar-refractivity contribution in [2.24, 2.45) is 5.92 Å². The van der Waals surface area contributed by atoms with Gasteiger partial charge in [-0.1, -0.05) is 12.5 Å². The Morgan fingerprint density at radius 2 is 2.22 bits per heavy atom. The average Bonchev–Trinajstić information content (AvgIpc) is 2.82. The zero-order valence-electron chi connectivity index (χ0n) is 9.70. The van der Waals surface area contributed by atoms with Gasteiger partial charge in [0.05, 0.1) is 5.92 Å². The van der Waals surface area contributed by atoms with Crippen LogP contribution in [0, 0.1) is 5.92 Å². The maximum atomic E-state index is 12.0. The van der Waals surface area contributed by atoms with E-state index in [1.165, 1.54) is 0 Å². The van der Waals surface area contributed by atoms with Crippen LogP contribution in [0.25, 0.3) is 0 Å². The highest BCUT2D eigenvalue weighted by molar-refractivity contribution is 7.91. The van der Waals surface area contributed by atoms with E-state index in [1.807, 2.05) is 0 Å². The van der Waals surface area contributed by atoms with E-state index in [0.29, 0.717) is 19.3 Å². The molecular weight excluding hydrogens is 274 g/mol. The van der Waals surface area contributed by atoms with E-state index < -0.39 is 21.9 Å². The van der Waals surface area contributed by atoms with Gasteiger partial charge in [-0.3, -0.25) is 4.79 Å². The van der Waals surface area contributed by atoms with Crippen LogP contribution in [-0.4, -0.2) is 25.5 Å². The number of hydrogen-bond donors (Lipinski definition) is 2. The number of aliphatic carboxylic acids is 1. The Kier molecular flexibility index (Phi) is 4.04. The Hall–Kier alpha value is -0.920. The van der Waals surface area contributed by atoms with Crippen molar-refractivity contribution in [2.45, 2.75) is 35.9 Å². The van der Waals surface area contributed by atoms with Crippen LogP contribution in [0.3, 0.4) is 0 Å². The van der Waals surface area contributed by atoms with E-state index in [9.17, 15) is 13.2 Å². The van der Waals surface area contributed by atoms with E-state index in [-0.39, 0.29) is 10.3 Å². The Morgan fingerprint density at radius 1 is 1.44 bits per heavy atom. The van der Waals surface area contributed by atoms with Gasteiger partial charge < -0.3 is 5.11 Å². The number of carbonyl (C=O) groups is 1. The van der Waals surface area contributed by atoms with Crippen LogP contribution in [0.5, 0.6) is 0 Å². The second kappa shape index (κ2) is 5.38. The lowest BCUT2D eigenvalue weighted by molar-refractivity contribution is -0.143. The van der Waals surface area contributed by atoms with Crippen LogP contribution in [0.4, 0.5) is 0 Å². The molecule has 7 heteroatoms. The molecule has 2 unspecified atom stereocenters. The fourth-order valence-electron chi connectivity index (χ4n) is 2.22. The van der Waals surface area contributed by atoms with E-state index >= 15 is 0 Å². The third kappa shape index (κ3) is 3.09. The molecule has 0 aliphatic heterocycles. The van der Waals surface area contributed by atoms with Crippen LogP contribution in [0.1, 0.15) is 25.7 Å². The van der Waals surface area contributed by atoms with Crippen LogP contribution in [-0.2, 0) is 14.8 Å². The largest absolute Gasteiger partial charge is 0.481 e. The SMILES string of the molecule is O=C(O)C1CCCC(NS(=O)(=O)c2cccs2)C1. The Bertz CT molecular complexity index is 509. The molecule has 18 heavy (non-hydrogen) atoms. The molecule has 1 heterocycles. The van der Waals surface area contributed by atoms with Crippen molar-refractivity contribution in [1.29, 1.82) is 0 Å². The summed E-state index contributed by atoms with van der Waals surface area (Å²) in [4.78, 5) is 10.9. The molecule has 1 saturated carbocycles. The van der Waals surface area contributed by atoms with Crippen molar-refractivity contribution in [1.82, 2.24) is 4.72 Å². The third-order valence-electron chi connectivity index (χ3n) is 3.11. The molecule has 0 bridgehead atoms. The second-order valence-corrected chi connectivity index (χ2v) is 7.34. The summed E-state index contributed by atoms with van der Waals surface area (Å²) in [6.45, 7) is 0. The van der Waals surface area contributed by atoms with E-state index in [0.717, 1.165) is 17.8 Å². The lowest BCUT2D eigenvalue weighted by Crippen LogP contribution is -2.39. The number of rotatable bonds is 4. The normalized spacial score (nSPS) is 24.9. The van der Waals surface area contributed by atoms with Gasteiger partial charge in [-0.05, 0) is 30.7 Å². The molecule has 1 aromatic heterocycles. The number of nitrogens with one attached hydrogen (secondary N) is 1. The lowest BCUT2D eigenvalue weighted by atomic mass is 9.86. The van der Waals surface area contributed by atoms with Gasteiger partial charge >= 0.3 is 5.97 Å². The molecular formula is C11H15NO4S2. The average molecular weight is 289 g/mol. The van der Waals surface area contributed by atoms with Gasteiger partial charge in [0, 0.05) is 6.04 Å². The smallest absolute Gasteiger partial charge is 0.306 e. The minimum atomic E-state index is -3.49. The summed E-state index contributed by atoms with van der Waals surface area (Å²) in [5.41, 5.74) is 0. The summed E-state index contributed by atoms with van der Waals surface area (Å²) in [6.07, 6.45) is 2.45. The molecule has 2 N–H and O–H groups in total. The summed E-state index contributed by atoms with van der Waals surface area (Å²) < 4.78 is 26.9. The Labute approximate surface area is 110 Å². The zero-order chi connectivity index (χ0) is 13.2. The molecule has 2 rings (SSSR count). The number of hydrogen-bond acceptors (Lipinski definition) is 4. The van der Waals surface area contributed by atoms with Crippen LogP contribution < -0.4 is 4.72 Å². The molecule has 0 saturated heterocycles. The third-order valence-corrected chi connectivity index (χ3v) is 6.02. The first-order valence-corrected chi connectivity index (χ1v) is 8.14. The minimum Gasteiger partial charge on any atom is -0.481 e. The second-order valence-electron chi connectivity index (χ2n) is 4.45. The first kappa shape index (κ1) is 13.5. The summed E-state index contributed by atoms with van der Waals surface area (Å²) >= 11 is 1.16. The molecule has 0 aromatic carbocycles. The molecule has 1 fully saturated rings. The predicted molar refractivity (Wildman–Crippen MR) is 68.0 cm³/mol. The highest BCUT2D eigenvalue weighted by Gasteiger charge is 2.30. The van der Waals surface area contributed by atoms with E-state index in [1.54, 1.807) is 17.5 Å². The van der Waals surface area contributed by atoms with Gasteiger partial charge in [0.2, 0.25) is 10.0 Å². The van der Waals surface area contributed by atoms with Gasteiger partial charge in [-0.25, -0.2) is 13.1 Å². The zero-order valence-corrected chi connectivity index (χ0v) is 11.3. The fraction of sp³-hybridized carbons (Fsp3) is 0.545. The molecule has 2 atom stereocenters. The molecule has 0 spiro atoms. The predicted octanol–water partition coefficient (Wildman–Crippen LogP) is 1.67. The van der Waals surface area contributed by atoms with Crippen molar-refractivity contribution in [3.63, 3.8) is 0 Å². The highest BCUT2D eigenvalue weighted by atomic mass is 32.2. The van der Waals surface area contributed by atoms with Crippen molar-refractivity contribution in [3.05, 3.63) is 17.5 Å². The molecule has 100 valence electrons. The topological polar surface area (TPSA) is 83.5 Å². The molecule has 1 aliphatic rings. The molecule has 0 radical (unpaired) electrons. The van der Waals surface area contributed by atoms with Gasteiger partial charge in [0.15, 0.2) is 0 Å². The van der Waals surface area contributed by atoms with Gasteiger partial charge in [-0.2, -0.15) is 0 Å². The summed E-state index contributed by atoms with van der Waals surface area (Å²) in [5.74, 6) is -1.27. The van der Waals surface area contributed by atoms with Crippen molar-refractivity contribution >= 4 is 27.3 Å². The van der Waals surface area contributed by atoms with Crippen LogP contribution in [0.2, 0.25) is 0 Å². The standard InChI is InChI=1S/C11H15NO4S2/c13-11(14)8-3-1-4-9(7-8)12-18(15,16)10-5-2-6-17-10/h2,5-6,8-9,12H,1,3-4,7H2,(H,13,14). The molecule has 0 amide bonds. The van der Waals surface area contributed by atoms with Crippen molar-refractivity contribution < 1.29 is 18.3 Å². The minimum absolute atomic E-state index is 0.271. The quantitative estimate of drug-likeness (QED) is 0.883. The lowest BCUT2D eigenvalue weighted by Gasteiger charge is -2.26. The molecule has 1 aromatic rings. The first-order chi connectivity index (χ1) is 8.49. The first-order valence-electron chi connectivity index (χ1n) is 5.77. The summed E-state index contributed by atoms with van der Waals surface area (Å²) in [6, 6.07) is 2.96. The maximum absolute atomic E-state index is 12.0. The Balaban J connectivity index is 2.03.